The van der Waals surface area contributed by atoms with E-state index in [1.807, 2.05) is 0 Å². The first kappa shape index (κ1) is 19.1. The second-order valence-electron chi connectivity index (χ2n) is 4.80. The Labute approximate surface area is 143 Å². The predicted octanol–water partition coefficient (Wildman–Crippen LogP) is 4.66. The molecule has 0 spiro atoms. The summed E-state index contributed by atoms with van der Waals surface area (Å²) in [5.41, 5.74) is 0.525. The Hall–Kier alpha value is -3.24. The maximum atomic E-state index is 12.6. The minimum absolute atomic E-state index is 0.0662. The maximum Gasteiger partial charge on any atom is 0.416 e. The zero-order chi connectivity index (χ0) is 19.3. The van der Waals surface area contributed by atoms with Crippen LogP contribution in [0.5, 0.6) is 5.75 Å². The Bertz CT molecular complexity index is 807. The van der Waals surface area contributed by atoms with E-state index in [9.17, 15) is 32.1 Å². The third kappa shape index (κ3) is 5.13. The van der Waals surface area contributed by atoms with Crippen LogP contribution in [0, 0.1) is 10.1 Å². The van der Waals surface area contributed by atoms with Crippen LogP contribution in [-0.4, -0.2) is 17.7 Å². The lowest BCUT2D eigenvalue weighted by Gasteiger charge is -2.08. The molecule has 0 atom stereocenters. The normalized spacial score (nSPS) is 11.8. The van der Waals surface area contributed by atoms with Crippen LogP contribution in [0.15, 0.2) is 47.6 Å². The van der Waals surface area contributed by atoms with E-state index in [4.69, 9.17) is 0 Å². The first-order valence-corrected chi connectivity index (χ1v) is 6.86. The SMILES string of the molecule is O=[N+]([O-])c1cc(C(F)(F)F)ccc1N/N=C\c1ccc(OC(F)F)cc1. The summed E-state index contributed by atoms with van der Waals surface area (Å²) in [5.74, 6) is -0.0662. The van der Waals surface area contributed by atoms with Gasteiger partial charge in [-0.05, 0) is 42.0 Å². The highest BCUT2D eigenvalue weighted by molar-refractivity contribution is 5.80. The Balaban J connectivity index is 2.13. The Morgan fingerprint density at radius 2 is 1.81 bits per heavy atom. The summed E-state index contributed by atoms with van der Waals surface area (Å²) in [5, 5.41) is 14.6. The fourth-order valence-electron chi connectivity index (χ4n) is 1.87. The van der Waals surface area contributed by atoms with Crippen molar-refractivity contribution in [2.45, 2.75) is 12.8 Å². The zero-order valence-electron chi connectivity index (χ0n) is 12.7. The summed E-state index contributed by atoms with van der Waals surface area (Å²) in [4.78, 5) is 9.96. The van der Waals surface area contributed by atoms with Crippen LogP contribution in [0.25, 0.3) is 0 Å². The number of anilines is 1. The maximum absolute atomic E-state index is 12.6. The molecule has 0 aromatic heterocycles. The molecule has 0 aliphatic heterocycles. The van der Waals surface area contributed by atoms with Gasteiger partial charge in [0.1, 0.15) is 11.4 Å². The van der Waals surface area contributed by atoms with E-state index < -0.39 is 29.0 Å². The largest absolute Gasteiger partial charge is 0.435 e. The van der Waals surface area contributed by atoms with E-state index in [-0.39, 0.29) is 11.4 Å². The molecule has 0 aliphatic carbocycles. The topological polar surface area (TPSA) is 76.8 Å². The van der Waals surface area contributed by atoms with E-state index in [1.165, 1.54) is 30.5 Å². The van der Waals surface area contributed by atoms with Crippen LogP contribution >= 0.6 is 0 Å². The van der Waals surface area contributed by atoms with Crippen molar-refractivity contribution in [3.63, 3.8) is 0 Å². The molecule has 0 unspecified atom stereocenters. The number of benzene rings is 2. The molecule has 0 amide bonds. The Morgan fingerprint density at radius 3 is 2.35 bits per heavy atom. The number of halogens is 5. The van der Waals surface area contributed by atoms with Gasteiger partial charge in [0.15, 0.2) is 0 Å². The lowest BCUT2D eigenvalue weighted by Crippen LogP contribution is -2.06. The Kier molecular flexibility index (Phi) is 5.70. The minimum Gasteiger partial charge on any atom is -0.435 e. The minimum atomic E-state index is -4.71. The quantitative estimate of drug-likeness (QED) is 0.345. The molecule has 2 aromatic carbocycles. The number of nitro benzene ring substituents is 1. The fourth-order valence-corrected chi connectivity index (χ4v) is 1.87. The molecule has 0 aliphatic rings. The first-order chi connectivity index (χ1) is 12.2. The molecule has 6 nitrogen and oxygen atoms in total. The van der Waals surface area contributed by atoms with Gasteiger partial charge < -0.3 is 4.74 Å². The number of alkyl halides is 5. The van der Waals surface area contributed by atoms with Crippen molar-refractivity contribution in [2.24, 2.45) is 5.10 Å². The number of nitro groups is 1. The number of hydrazone groups is 1. The summed E-state index contributed by atoms with van der Waals surface area (Å²) in [6.07, 6.45) is -3.51. The highest BCUT2D eigenvalue weighted by atomic mass is 19.4. The molecule has 1 N–H and O–H groups in total. The standard InChI is InChI=1S/C15H10F5N3O3/c16-14(17)26-11-4-1-9(2-5-11)8-21-22-12-6-3-10(15(18,19)20)7-13(12)23(24)25/h1-8,14,22H/b21-8-. The van der Waals surface area contributed by atoms with Crippen LogP contribution in [0.2, 0.25) is 0 Å². The van der Waals surface area contributed by atoms with Crippen molar-refractivity contribution in [3.8, 4) is 5.75 Å². The number of nitrogens with zero attached hydrogens (tertiary/aromatic N) is 2. The molecule has 26 heavy (non-hydrogen) atoms. The third-order valence-electron chi connectivity index (χ3n) is 3.03. The Morgan fingerprint density at radius 1 is 1.15 bits per heavy atom. The highest BCUT2D eigenvalue weighted by Crippen LogP contribution is 2.34. The first-order valence-electron chi connectivity index (χ1n) is 6.86. The molecule has 0 saturated carbocycles. The van der Waals surface area contributed by atoms with Gasteiger partial charge in [-0.15, -0.1) is 0 Å². The third-order valence-corrected chi connectivity index (χ3v) is 3.03. The van der Waals surface area contributed by atoms with Crippen LogP contribution in [0.4, 0.5) is 33.3 Å². The van der Waals surface area contributed by atoms with Gasteiger partial charge >= 0.3 is 12.8 Å². The van der Waals surface area contributed by atoms with Crippen molar-refractivity contribution in [3.05, 3.63) is 63.7 Å². The molecular weight excluding hydrogens is 365 g/mol. The molecule has 11 heteroatoms. The van der Waals surface area contributed by atoms with Gasteiger partial charge in [0.05, 0.1) is 16.7 Å². The van der Waals surface area contributed by atoms with E-state index in [1.54, 1.807) is 0 Å². The van der Waals surface area contributed by atoms with Crippen LogP contribution < -0.4 is 10.2 Å². The van der Waals surface area contributed by atoms with Gasteiger partial charge in [0, 0.05) is 6.07 Å². The second-order valence-corrected chi connectivity index (χ2v) is 4.80. The van der Waals surface area contributed by atoms with Crippen LogP contribution in [0.3, 0.4) is 0 Å². The molecule has 0 bridgehead atoms. The summed E-state index contributed by atoms with van der Waals surface area (Å²) in [7, 11) is 0. The molecular formula is C15H10F5N3O3. The van der Waals surface area contributed by atoms with Crippen molar-refractivity contribution in [1.29, 1.82) is 0 Å². The smallest absolute Gasteiger partial charge is 0.416 e. The molecule has 0 heterocycles. The number of nitrogens with one attached hydrogen (secondary N) is 1. The van der Waals surface area contributed by atoms with Crippen molar-refractivity contribution in [2.75, 3.05) is 5.43 Å². The molecule has 0 fully saturated rings. The highest BCUT2D eigenvalue weighted by Gasteiger charge is 2.33. The second kappa shape index (κ2) is 7.76. The van der Waals surface area contributed by atoms with E-state index in [0.29, 0.717) is 17.7 Å². The summed E-state index contributed by atoms with van der Waals surface area (Å²) < 4.78 is 66.1. The van der Waals surface area contributed by atoms with Gasteiger partial charge in [-0.2, -0.15) is 27.1 Å². The zero-order valence-corrected chi connectivity index (χ0v) is 12.7. The number of ether oxygens (including phenoxy) is 1. The summed E-state index contributed by atoms with van der Waals surface area (Å²) in [6.45, 7) is -2.96. The summed E-state index contributed by atoms with van der Waals surface area (Å²) >= 11 is 0. The van der Waals surface area contributed by atoms with E-state index >= 15 is 0 Å². The predicted molar refractivity (Wildman–Crippen MR) is 82.4 cm³/mol. The average molecular weight is 375 g/mol. The van der Waals surface area contributed by atoms with Gasteiger partial charge in [0.25, 0.3) is 5.69 Å². The van der Waals surface area contributed by atoms with Crippen LogP contribution in [-0.2, 0) is 6.18 Å². The average Bonchev–Trinajstić information content (AvgIpc) is 2.55. The molecule has 0 saturated heterocycles. The fraction of sp³-hybridized carbons (Fsp3) is 0.133. The monoisotopic (exact) mass is 375 g/mol. The lowest BCUT2D eigenvalue weighted by molar-refractivity contribution is -0.384. The van der Waals surface area contributed by atoms with Crippen molar-refractivity contribution >= 4 is 17.6 Å². The number of rotatable bonds is 6. The molecule has 0 radical (unpaired) electrons. The summed E-state index contributed by atoms with van der Waals surface area (Å²) in [6, 6.07) is 7.27. The van der Waals surface area contributed by atoms with Gasteiger partial charge in [-0.1, -0.05) is 0 Å². The lowest BCUT2D eigenvalue weighted by atomic mass is 10.1. The molecule has 2 aromatic rings. The molecule has 2 rings (SSSR count). The number of hydrogen-bond donors (Lipinski definition) is 1. The van der Waals surface area contributed by atoms with E-state index in [0.717, 1.165) is 6.07 Å². The van der Waals surface area contributed by atoms with Crippen LogP contribution in [0.1, 0.15) is 11.1 Å². The van der Waals surface area contributed by atoms with E-state index in [2.05, 4.69) is 15.3 Å². The van der Waals surface area contributed by atoms with Crippen molar-refractivity contribution in [1.82, 2.24) is 0 Å². The van der Waals surface area contributed by atoms with Gasteiger partial charge in [-0.25, -0.2) is 0 Å². The van der Waals surface area contributed by atoms with Gasteiger partial charge in [-0.3, -0.25) is 15.5 Å². The number of hydrogen-bond acceptors (Lipinski definition) is 5. The van der Waals surface area contributed by atoms with Gasteiger partial charge in [0.2, 0.25) is 0 Å². The van der Waals surface area contributed by atoms with Crippen molar-refractivity contribution < 1.29 is 31.6 Å². The molecule has 138 valence electrons.